The fourth-order valence-electron chi connectivity index (χ4n) is 1.58. The molecule has 0 aliphatic carbocycles. The van der Waals surface area contributed by atoms with Gasteiger partial charge in [0.15, 0.2) is 0 Å². The highest BCUT2D eigenvalue weighted by Crippen LogP contribution is 2.15. The van der Waals surface area contributed by atoms with Crippen molar-refractivity contribution < 1.29 is 13.9 Å². The summed E-state index contributed by atoms with van der Waals surface area (Å²) >= 11 is 5.21. The maximum absolute atomic E-state index is 12.7. The monoisotopic (exact) mass is 290 g/mol. The van der Waals surface area contributed by atoms with Gasteiger partial charge >= 0.3 is 0 Å². The zero-order valence-electron chi connectivity index (χ0n) is 10.6. The van der Waals surface area contributed by atoms with E-state index in [0.717, 1.165) is 11.1 Å². The van der Waals surface area contributed by atoms with E-state index in [1.165, 1.54) is 18.2 Å². The molecule has 0 radical (unpaired) electrons. The van der Waals surface area contributed by atoms with Crippen LogP contribution in [0.15, 0.2) is 54.6 Å². The Morgan fingerprint density at radius 1 is 1.10 bits per heavy atom. The first-order valence-electron chi connectivity index (χ1n) is 5.98. The Kier molecular flexibility index (Phi) is 4.91. The predicted molar refractivity (Wildman–Crippen MR) is 77.1 cm³/mol. The lowest BCUT2D eigenvalue weighted by Crippen LogP contribution is -1.95. The van der Waals surface area contributed by atoms with Gasteiger partial charge in [-0.1, -0.05) is 30.3 Å². The van der Waals surface area contributed by atoms with Gasteiger partial charge in [0.05, 0.1) is 0 Å². The predicted octanol–water partition coefficient (Wildman–Crippen LogP) is 4.18. The molecule has 0 aliphatic rings. The highest BCUT2D eigenvalue weighted by atomic mass is 35.5. The molecule has 102 valence electrons. The zero-order valence-corrected chi connectivity index (χ0v) is 11.3. The number of benzene rings is 2. The molecular formula is C16H12ClFO2. The lowest BCUT2D eigenvalue weighted by molar-refractivity contribution is -0.107. The second-order valence-corrected chi connectivity index (χ2v) is 4.49. The molecule has 0 heterocycles. The third-order valence-electron chi connectivity index (χ3n) is 2.61. The van der Waals surface area contributed by atoms with Crippen molar-refractivity contribution >= 4 is 22.9 Å². The first-order chi connectivity index (χ1) is 9.63. The molecule has 0 amide bonds. The van der Waals surface area contributed by atoms with E-state index in [4.69, 9.17) is 16.3 Å². The Balaban J connectivity index is 1.93. The van der Waals surface area contributed by atoms with E-state index in [1.807, 2.05) is 12.1 Å². The van der Waals surface area contributed by atoms with Crippen molar-refractivity contribution in [1.29, 1.82) is 0 Å². The molecule has 2 aromatic rings. The number of ether oxygens (including phenoxy) is 1. The summed E-state index contributed by atoms with van der Waals surface area (Å²) in [4.78, 5) is 10.6. The van der Waals surface area contributed by atoms with E-state index in [0.29, 0.717) is 12.4 Å². The number of hydrogen-bond acceptors (Lipinski definition) is 2. The summed E-state index contributed by atoms with van der Waals surface area (Å²) in [5, 5.41) is -0.512. The highest BCUT2D eigenvalue weighted by molar-refractivity contribution is 6.66. The van der Waals surface area contributed by atoms with E-state index >= 15 is 0 Å². The number of rotatable bonds is 5. The number of hydrogen-bond donors (Lipinski definition) is 0. The van der Waals surface area contributed by atoms with Crippen LogP contribution in [0.25, 0.3) is 6.08 Å². The van der Waals surface area contributed by atoms with Crippen LogP contribution in [-0.4, -0.2) is 5.24 Å². The van der Waals surface area contributed by atoms with Gasteiger partial charge in [0.25, 0.3) is 0 Å². The van der Waals surface area contributed by atoms with E-state index in [-0.39, 0.29) is 5.82 Å². The SMILES string of the molecule is O=C(Cl)C=Cc1ccc(OCc2ccc(F)cc2)cc1. The van der Waals surface area contributed by atoms with Crippen molar-refractivity contribution in [3.63, 3.8) is 0 Å². The lowest BCUT2D eigenvalue weighted by atomic mass is 10.2. The molecule has 0 aliphatic heterocycles. The van der Waals surface area contributed by atoms with Crippen molar-refractivity contribution in [2.45, 2.75) is 6.61 Å². The third kappa shape index (κ3) is 4.52. The standard InChI is InChI=1S/C16H12ClFO2/c17-16(19)10-5-12-3-8-15(9-4-12)20-11-13-1-6-14(18)7-2-13/h1-10H,11H2. The van der Waals surface area contributed by atoms with E-state index < -0.39 is 5.24 Å². The van der Waals surface area contributed by atoms with Crippen molar-refractivity contribution in [3.8, 4) is 5.75 Å². The minimum absolute atomic E-state index is 0.265. The molecule has 0 fully saturated rings. The Bertz CT molecular complexity index is 603. The summed E-state index contributed by atoms with van der Waals surface area (Å²) < 4.78 is 18.3. The molecule has 4 heteroatoms. The maximum Gasteiger partial charge on any atom is 0.245 e. The third-order valence-corrected chi connectivity index (χ3v) is 2.73. The normalized spacial score (nSPS) is 10.7. The van der Waals surface area contributed by atoms with Gasteiger partial charge < -0.3 is 4.74 Å². The topological polar surface area (TPSA) is 26.3 Å². The average molecular weight is 291 g/mol. The molecule has 20 heavy (non-hydrogen) atoms. The molecule has 2 nitrogen and oxygen atoms in total. The van der Waals surface area contributed by atoms with Crippen LogP contribution in [-0.2, 0) is 11.4 Å². The van der Waals surface area contributed by atoms with Crippen molar-refractivity contribution in [2.24, 2.45) is 0 Å². The fraction of sp³-hybridized carbons (Fsp3) is 0.0625. The van der Waals surface area contributed by atoms with Crippen LogP contribution in [0.5, 0.6) is 5.75 Å². The van der Waals surface area contributed by atoms with Crippen LogP contribution in [0.2, 0.25) is 0 Å². The van der Waals surface area contributed by atoms with Gasteiger partial charge in [-0.2, -0.15) is 0 Å². The molecule has 2 aromatic carbocycles. The van der Waals surface area contributed by atoms with Gasteiger partial charge in [-0.05, 0) is 53.1 Å². The maximum atomic E-state index is 12.7. The van der Waals surface area contributed by atoms with E-state index in [2.05, 4.69) is 0 Å². The minimum atomic E-state index is -0.512. The van der Waals surface area contributed by atoms with Crippen molar-refractivity contribution in [1.82, 2.24) is 0 Å². The van der Waals surface area contributed by atoms with Crippen LogP contribution >= 0.6 is 11.6 Å². The van der Waals surface area contributed by atoms with Gasteiger partial charge in [-0.3, -0.25) is 4.79 Å². The Morgan fingerprint density at radius 2 is 1.75 bits per heavy atom. The quantitative estimate of drug-likeness (QED) is 0.610. The first kappa shape index (κ1) is 14.3. The second-order valence-electron chi connectivity index (χ2n) is 4.12. The van der Waals surface area contributed by atoms with Crippen molar-refractivity contribution in [3.05, 3.63) is 71.6 Å². The molecule has 0 unspecified atom stereocenters. The highest BCUT2D eigenvalue weighted by Gasteiger charge is 1.97. The smallest absolute Gasteiger partial charge is 0.245 e. The molecule has 0 saturated heterocycles. The summed E-state index contributed by atoms with van der Waals surface area (Å²) in [5.74, 6) is 0.433. The van der Waals surface area contributed by atoms with E-state index in [1.54, 1.807) is 30.3 Å². The molecule has 0 atom stereocenters. The van der Waals surface area contributed by atoms with E-state index in [9.17, 15) is 9.18 Å². The number of halogens is 2. The fourth-order valence-corrected chi connectivity index (χ4v) is 1.65. The van der Waals surface area contributed by atoms with Gasteiger partial charge in [0, 0.05) is 0 Å². The molecule has 0 saturated carbocycles. The summed E-state index contributed by atoms with van der Waals surface area (Å²) in [6, 6.07) is 13.4. The van der Waals surface area contributed by atoms with Crippen LogP contribution in [0.1, 0.15) is 11.1 Å². The van der Waals surface area contributed by atoms with Crippen LogP contribution in [0, 0.1) is 5.82 Å². The van der Waals surface area contributed by atoms with Crippen LogP contribution in [0.3, 0.4) is 0 Å². The number of allylic oxidation sites excluding steroid dienone is 1. The lowest BCUT2D eigenvalue weighted by Gasteiger charge is -2.06. The average Bonchev–Trinajstić information content (AvgIpc) is 2.45. The van der Waals surface area contributed by atoms with Crippen LogP contribution in [0.4, 0.5) is 4.39 Å². The summed E-state index contributed by atoms with van der Waals surface area (Å²) in [5.41, 5.74) is 1.75. The Morgan fingerprint density at radius 3 is 2.35 bits per heavy atom. The van der Waals surface area contributed by atoms with Gasteiger partial charge in [0.1, 0.15) is 18.2 Å². The first-order valence-corrected chi connectivity index (χ1v) is 6.36. The molecule has 0 aromatic heterocycles. The van der Waals surface area contributed by atoms with Gasteiger partial charge in [-0.15, -0.1) is 0 Å². The summed E-state index contributed by atoms with van der Waals surface area (Å²) in [6.45, 7) is 0.371. The summed E-state index contributed by atoms with van der Waals surface area (Å²) in [7, 11) is 0. The minimum Gasteiger partial charge on any atom is -0.489 e. The number of carbonyl (C=O) groups is 1. The second kappa shape index (κ2) is 6.87. The molecule has 2 rings (SSSR count). The molecular weight excluding hydrogens is 279 g/mol. The largest absolute Gasteiger partial charge is 0.489 e. The van der Waals surface area contributed by atoms with Gasteiger partial charge in [0.2, 0.25) is 5.24 Å². The molecule has 0 N–H and O–H groups in total. The molecule has 0 spiro atoms. The Hall–Kier alpha value is -2.13. The zero-order chi connectivity index (χ0) is 14.4. The number of carbonyl (C=O) groups excluding carboxylic acids is 1. The molecule has 0 bridgehead atoms. The Labute approximate surface area is 121 Å². The summed E-state index contributed by atoms with van der Waals surface area (Å²) in [6.07, 6.45) is 2.91. The van der Waals surface area contributed by atoms with Gasteiger partial charge in [-0.25, -0.2) is 4.39 Å². The van der Waals surface area contributed by atoms with Crippen LogP contribution < -0.4 is 4.74 Å². The van der Waals surface area contributed by atoms with Crippen molar-refractivity contribution in [2.75, 3.05) is 0 Å².